The quantitative estimate of drug-likeness (QED) is 0.540. The Morgan fingerprint density at radius 2 is 1.42 bits per heavy atom. The Labute approximate surface area is 139 Å². The highest BCUT2D eigenvalue weighted by Crippen LogP contribution is 2.21. The van der Waals surface area contributed by atoms with Gasteiger partial charge in [0.05, 0.1) is 5.56 Å². The van der Waals surface area contributed by atoms with Crippen LogP contribution in [-0.2, 0) is 0 Å². The maximum atomic E-state index is 12.3. The molecule has 24 heavy (non-hydrogen) atoms. The largest absolute Gasteiger partial charge is 0.422 e. The lowest BCUT2D eigenvalue weighted by Gasteiger charge is -2.09. The molecule has 0 amide bonds. The fraction of sp³-hybridized carbons (Fsp3) is 0. The van der Waals surface area contributed by atoms with Gasteiger partial charge < -0.3 is 9.47 Å². The van der Waals surface area contributed by atoms with E-state index >= 15 is 0 Å². The molecular weight excluding hydrogens is 304 g/mol. The van der Waals surface area contributed by atoms with Gasteiger partial charge in [0, 0.05) is 6.07 Å². The second-order valence-electron chi connectivity index (χ2n) is 4.87. The van der Waals surface area contributed by atoms with Crippen LogP contribution in [0.4, 0.5) is 0 Å². The van der Waals surface area contributed by atoms with Crippen molar-refractivity contribution in [2.75, 3.05) is 0 Å². The van der Waals surface area contributed by atoms with Gasteiger partial charge in [-0.25, -0.2) is 9.59 Å². The third-order valence-corrected chi connectivity index (χ3v) is 3.20. The van der Waals surface area contributed by atoms with Gasteiger partial charge in [-0.05, 0) is 30.3 Å². The Kier molecular flexibility index (Phi) is 4.68. The van der Waals surface area contributed by atoms with Crippen molar-refractivity contribution in [1.29, 1.82) is 0 Å². The summed E-state index contributed by atoms with van der Waals surface area (Å²) in [5.41, 5.74) is 0.566. The van der Waals surface area contributed by atoms with Crippen LogP contribution in [0.3, 0.4) is 0 Å². The van der Waals surface area contributed by atoms with E-state index in [0.717, 1.165) is 0 Å². The minimum Gasteiger partial charge on any atom is -0.422 e. The molecule has 3 aromatic rings. The highest BCUT2D eigenvalue weighted by molar-refractivity contribution is 5.97. The third-order valence-electron chi connectivity index (χ3n) is 3.20. The molecule has 0 heterocycles. The van der Waals surface area contributed by atoms with Gasteiger partial charge in [-0.2, -0.15) is 0 Å². The number of ether oxygens (including phenoxy) is 2. The molecule has 4 heteroatoms. The topological polar surface area (TPSA) is 52.6 Å². The average molecular weight is 317 g/mol. The molecule has 0 aliphatic heterocycles. The molecule has 0 aliphatic carbocycles. The predicted octanol–water partition coefficient (Wildman–Crippen LogP) is 3.93. The van der Waals surface area contributed by atoms with Crippen LogP contribution in [0.2, 0.25) is 0 Å². The maximum Gasteiger partial charge on any atom is 0.347 e. The highest BCUT2D eigenvalue weighted by Gasteiger charge is 2.17. The normalized spacial score (nSPS) is 10.0. The fourth-order valence-corrected chi connectivity index (χ4v) is 2.05. The van der Waals surface area contributed by atoms with Crippen LogP contribution in [0, 0.1) is 6.07 Å². The van der Waals surface area contributed by atoms with Crippen LogP contribution in [0.15, 0.2) is 78.9 Å². The number of rotatable bonds is 4. The van der Waals surface area contributed by atoms with Crippen LogP contribution in [0.5, 0.6) is 11.5 Å². The molecule has 0 fully saturated rings. The summed E-state index contributed by atoms with van der Waals surface area (Å²) in [4.78, 5) is 24.5. The first-order valence-corrected chi connectivity index (χ1v) is 7.29. The summed E-state index contributed by atoms with van der Waals surface area (Å²) >= 11 is 0. The molecule has 4 nitrogen and oxygen atoms in total. The number of hydrogen-bond acceptors (Lipinski definition) is 4. The van der Waals surface area contributed by atoms with Crippen LogP contribution in [-0.4, -0.2) is 11.9 Å². The SMILES string of the molecule is O=C(Oc1ccccc1C(=O)Oc1[c]cccc1)c1ccccc1. The van der Waals surface area contributed by atoms with Gasteiger partial charge >= 0.3 is 11.9 Å². The number of esters is 2. The molecule has 0 N–H and O–H groups in total. The third kappa shape index (κ3) is 3.67. The summed E-state index contributed by atoms with van der Waals surface area (Å²) in [7, 11) is 0. The molecule has 0 bridgehead atoms. The zero-order valence-electron chi connectivity index (χ0n) is 12.6. The lowest BCUT2D eigenvalue weighted by atomic mass is 10.2. The van der Waals surface area contributed by atoms with Crippen molar-refractivity contribution in [3.63, 3.8) is 0 Å². The van der Waals surface area contributed by atoms with Crippen LogP contribution < -0.4 is 9.47 Å². The Morgan fingerprint density at radius 1 is 0.708 bits per heavy atom. The number of hydrogen-bond donors (Lipinski definition) is 0. The summed E-state index contributed by atoms with van der Waals surface area (Å²) in [5, 5.41) is 0. The number of para-hydroxylation sites is 2. The maximum absolute atomic E-state index is 12.3. The predicted molar refractivity (Wildman–Crippen MR) is 88.1 cm³/mol. The average Bonchev–Trinajstić information content (AvgIpc) is 2.63. The van der Waals surface area contributed by atoms with E-state index in [2.05, 4.69) is 6.07 Å². The van der Waals surface area contributed by atoms with E-state index < -0.39 is 11.9 Å². The minimum absolute atomic E-state index is 0.146. The van der Waals surface area contributed by atoms with Crippen molar-refractivity contribution in [2.45, 2.75) is 0 Å². The van der Waals surface area contributed by atoms with Crippen molar-refractivity contribution in [3.05, 3.63) is 96.1 Å². The van der Waals surface area contributed by atoms with E-state index in [1.165, 1.54) is 0 Å². The van der Waals surface area contributed by atoms with Gasteiger partial charge in [-0.1, -0.05) is 48.5 Å². The molecule has 0 saturated carbocycles. The molecule has 0 unspecified atom stereocenters. The zero-order chi connectivity index (χ0) is 16.8. The molecule has 1 radical (unpaired) electrons. The number of benzene rings is 3. The van der Waals surface area contributed by atoms with Gasteiger partial charge in [0.2, 0.25) is 0 Å². The van der Waals surface area contributed by atoms with Gasteiger partial charge in [-0.3, -0.25) is 0 Å². The summed E-state index contributed by atoms with van der Waals surface area (Å²) in [6.45, 7) is 0. The van der Waals surface area contributed by atoms with E-state index in [1.54, 1.807) is 78.9 Å². The van der Waals surface area contributed by atoms with Crippen LogP contribution in [0.1, 0.15) is 20.7 Å². The van der Waals surface area contributed by atoms with Crippen molar-refractivity contribution in [1.82, 2.24) is 0 Å². The Morgan fingerprint density at radius 3 is 2.17 bits per heavy atom. The molecule has 3 rings (SSSR count). The minimum atomic E-state index is -0.617. The summed E-state index contributed by atoms with van der Waals surface area (Å²) in [6, 6.07) is 24.6. The molecule has 0 atom stereocenters. The van der Waals surface area contributed by atoms with Gasteiger partial charge in [0.1, 0.15) is 17.1 Å². The first-order valence-electron chi connectivity index (χ1n) is 7.29. The molecule has 0 aliphatic rings. The van der Waals surface area contributed by atoms with Crippen molar-refractivity contribution >= 4 is 11.9 Å². The monoisotopic (exact) mass is 317 g/mol. The highest BCUT2D eigenvalue weighted by atomic mass is 16.5. The van der Waals surface area contributed by atoms with Crippen molar-refractivity contribution < 1.29 is 19.1 Å². The van der Waals surface area contributed by atoms with E-state index in [-0.39, 0.29) is 11.3 Å². The van der Waals surface area contributed by atoms with Crippen LogP contribution in [0.25, 0.3) is 0 Å². The van der Waals surface area contributed by atoms with E-state index in [1.807, 2.05) is 0 Å². The molecule has 3 aromatic carbocycles. The Hall–Kier alpha value is -3.40. The Bertz CT molecular complexity index is 842. The van der Waals surface area contributed by atoms with E-state index in [9.17, 15) is 9.59 Å². The van der Waals surface area contributed by atoms with Crippen molar-refractivity contribution in [2.24, 2.45) is 0 Å². The summed E-state index contributed by atoms with van der Waals surface area (Å²) in [6.07, 6.45) is 0. The Balaban J connectivity index is 1.80. The molecule has 0 spiro atoms. The molecular formula is C20H13O4. The lowest BCUT2D eigenvalue weighted by Crippen LogP contribution is -2.14. The molecule has 0 aromatic heterocycles. The second kappa shape index (κ2) is 7.24. The molecule has 117 valence electrons. The first kappa shape index (κ1) is 15.5. The molecule has 0 saturated heterocycles. The summed E-state index contributed by atoms with van der Waals surface area (Å²) < 4.78 is 10.6. The van der Waals surface area contributed by atoms with Gasteiger partial charge in [0.15, 0.2) is 0 Å². The second-order valence-corrected chi connectivity index (χ2v) is 4.87. The standard InChI is InChI=1S/C20H13O4/c21-19(15-9-3-1-4-10-15)24-18-14-8-7-13-17(18)20(22)23-16-11-5-2-6-12-16/h1-11,13-14H. The van der Waals surface area contributed by atoms with Gasteiger partial charge in [0.25, 0.3) is 0 Å². The van der Waals surface area contributed by atoms with E-state index in [4.69, 9.17) is 9.47 Å². The smallest absolute Gasteiger partial charge is 0.347 e. The fourth-order valence-electron chi connectivity index (χ4n) is 2.05. The first-order chi connectivity index (χ1) is 11.7. The number of carbonyl (C=O) groups excluding carboxylic acids is 2. The number of carbonyl (C=O) groups is 2. The van der Waals surface area contributed by atoms with Crippen LogP contribution >= 0.6 is 0 Å². The van der Waals surface area contributed by atoms with Gasteiger partial charge in [-0.15, -0.1) is 0 Å². The lowest BCUT2D eigenvalue weighted by molar-refractivity contribution is 0.0707. The van der Waals surface area contributed by atoms with Crippen molar-refractivity contribution in [3.8, 4) is 11.5 Å². The zero-order valence-corrected chi connectivity index (χ0v) is 12.6. The van der Waals surface area contributed by atoms with E-state index in [0.29, 0.717) is 11.3 Å². The summed E-state index contributed by atoms with van der Waals surface area (Å²) in [5.74, 6) is -0.713.